The molecule has 6 nitrogen and oxygen atoms in total. The van der Waals surface area contributed by atoms with Crippen LogP contribution < -0.4 is 5.32 Å². The minimum Gasteiger partial charge on any atom is -0.506 e. The van der Waals surface area contributed by atoms with Crippen LogP contribution in [-0.2, 0) is 9.53 Å². The summed E-state index contributed by atoms with van der Waals surface area (Å²) in [5.74, 6) is -1.45. The number of fused-ring (bicyclic) bond motifs is 1. The molecule has 2 aromatic carbocycles. The van der Waals surface area contributed by atoms with Gasteiger partial charge >= 0.3 is 5.97 Å². The van der Waals surface area contributed by atoms with Gasteiger partial charge in [0.1, 0.15) is 11.3 Å². The number of nitrogens with zero attached hydrogens (tertiary/aromatic N) is 1. The lowest BCUT2D eigenvalue weighted by Gasteiger charge is -2.08. The first kappa shape index (κ1) is 15.3. The van der Waals surface area contributed by atoms with Crippen LogP contribution in [0.5, 0.6) is 5.75 Å². The molecule has 22 heavy (non-hydrogen) atoms. The monoisotopic (exact) mass is 298 g/mol. The molecule has 0 fully saturated rings. The topological polar surface area (TPSA) is 99.4 Å². The Hall–Kier alpha value is -3.07. The van der Waals surface area contributed by atoms with Crippen LogP contribution in [0.2, 0.25) is 0 Å². The lowest BCUT2D eigenvalue weighted by molar-refractivity contribution is -0.124. The van der Waals surface area contributed by atoms with Crippen molar-refractivity contribution >= 4 is 22.6 Å². The Morgan fingerprint density at radius 3 is 2.77 bits per heavy atom. The highest BCUT2D eigenvalue weighted by Gasteiger charge is 2.16. The van der Waals surface area contributed by atoms with Crippen molar-refractivity contribution in [3.8, 4) is 11.8 Å². The molecule has 0 aliphatic carbocycles. The van der Waals surface area contributed by atoms with Gasteiger partial charge in [-0.1, -0.05) is 30.3 Å². The fraction of sp³-hybridized carbons (Fsp3) is 0.188. The number of aromatic hydroxyl groups is 1. The van der Waals surface area contributed by atoms with Crippen LogP contribution in [0, 0.1) is 11.3 Å². The van der Waals surface area contributed by atoms with Crippen molar-refractivity contribution in [2.45, 2.75) is 6.42 Å². The van der Waals surface area contributed by atoms with Crippen molar-refractivity contribution in [3.05, 3.63) is 42.0 Å². The van der Waals surface area contributed by atoms with E-state index in [0.717, 1.165) is 5.39 Å². The summed E-state index contributed by atoms with van der Waals surface area (Å²) in [6, 6.07) is 12.1. The summed E-state index contributed by atoms with van der Waals surface area (Å²) in [5, 5.41) is 22.2. The molecule has 0 atom stereocenters. The van der Waals surface area contributed by atoms with Crippen LogP contribution in [0.4, 0.5) is 0 Å². The normalized spacial score (nSPS) is 9.95. The smallest absolute Gasteiger partial charge is 0.342 e. The number of rotatable bonds is 5. The number of carbonyl (C=O) groups is 2. The van der Waals surface area contributed by atoms with Gasteiger partial charge in [0.15, 0.2) is 6.61 Å². The maximum atomic E-state index is 11.9. The van der Waals surface area contributed by atoms with E-state index in [0.29, 0.717) is 5.39 Å². The Morgan fingerprint density at radius 2 is 2.00 bits per heavy atom. The maximum absolute atomic E-state index is 11.9. The van der Waals surface area contributed by atoms with E-state index in [1.54, 1.807) is 18.2 Å². The fourth-order valence-corrected chi connectivity index (χ4v) is 1.94. The Labute approximate surface area is 126 Å². The Bertz CT molecular complexity index is 749. The Kier molecular flexibility index (Phi) is 4.94. The third-order valence-electron chi connectivity index (χ3n) is 3.01. The van der Waals surface area contributed by atoms with Gasteiger partial charge in [-0.3, -0.25) is 4.79 Å². The van der Waals surface area contributed by atoms with Crippen molar-refractivity contribution in [2.75, 3.05) is 13.2 Å². The molecule has 2 aromatic rings. The van der Waals surface area contributed by atoms with E-state index in [1.807, 2.05) is 18.2 Å². The first-order valence-corrected chi connectivity index (χ1v) is 6.65. The van der Waals surface area contributed by atoms with Crippen LogP contribution in [0.15, 0.2) is 36.4 Å². The number of nitrogens with one attached hydrogen (secondary N) is 1. The summed E-state index contributed by atoms with van der Waals surface area (Å²) in [4.78, 5) is 23.3. The van der Waals surface area contributed by atoms with Crippen LogP contribution in [0.25, 0.3) is 10.8 Å². The second-order valence-electron chi connectivity index (χ2n) is 4.52. The summed E-state index contributed by atoms with van der Waals surface area (Å²) < 4.78 is 4.86. The number of carbonyl (C=O) groups excluding carboxylic acids is 2. The van der Waals surface area contributed by atoms with E-state index in [4.69, 9.17) is 10.00 Å². The van der Waals surface area contributed by atoms with E-state index >= 15 is 0 Å². The molecule has 0 saturated carbocycles. The standard InChI is InChI=1S/C16H14N2O4/c17-8-3-9-18-14(19)10-22-16(21)13-7-6-11-4-1-2-5-12(11)15(13)20/h1-2,4-7,20H,3,9-10H2,(H,18,19). The van der Waals surface area contributed by atoms with Crippen molar-refractivity contribution < 1.29 is 19.4 Å². The summed E-state index contributed by atoms with van der Waals surface area (Å²) in [5.41, 5.74) is 0.00326. The molecule has 0 spiro atoms. The van der Waals surface area contributed by atoms with Crippen LogP contribution in [0.3, 0.4) is 0 Å². The van der Waals surface area contributed by atoms with E-state index in [2.05, 4.69) is 5.32 Å². The van der Waals surface area contributed by atoms with Gasteiger partial charge in [-0.2, -0.15) is 5.26 Å². The molecule has 0 heterocycles. The van der Waals surface area contributed by atoms with E-state index in [-0.39, 0.29) is 24.3 Å². The molecule has 6 heteroatoms. The lowest BCUT2D eigenvalue weighted by atomic mass is 10.1. The molecule has 1 amide bonds. The molecule has 0 aliphatic heterocycles. The fourth-order valence-electron chi connectivity index (χ4n) is 1.94. The van der Waals surface area contributed by atoms with E-state index in [9.17, 15) is 14.7 Å². The molecular formula is C16H14N2O4. The number of phenols is 1. The largest absolute Gasteiger partial charge is 0.506 e. The van der Waals surface area contributed by atoms with E-state index in [1.165, 1.54) is 6.07 Å². The quantitative estimate of drug-likeness (QED) is 0.647. The number of amides is 1. The molecule has 0 aromatic heterocycles. The zero-order valence-corrected chi connectivity index (χ0v) is 11.7. The summed E-state index contributed by atoms with van der Waals surface area (Å²) >= 11 is 0. The zero-order chi connectivity index (χ0) is 15.9. The zero-order valence-electron chi connectivity index (χ0n) is 11.7. The average molecular weight is 298 g/mol. The van der Waals surface area contributed by atoms with Gasteiger partial charge in [-0.15, -0.1) is 0 Å². The average Bonchev–Trinajstić information content (AvgIpc) is 2.53. The first-order valence-electron chi connectivity index (χ1n) is 6.65. The van der Waals surface area contributed by atoms with Crippen LogP contribution in [0.1, 0.15) is 16.8 Å². The Morgan fingerprint density at radius 1 is 1.23 bits per heavy atom. The summed E-state index contributed by atoms with van der Waals surface area (Å²) in [6.07, 6.45) is 0.186. The highest BCUT2D eigenvalue weighted by Crippen LogP contribution is 2.28. The van der Waals surface area contributed by atoms with Gasteiger partial charge < -0.3 is 15.2 Å². The van der Waals surface area contributed by atoms with Crippen LogP contribution in [-0.4, -0.2) is 30.1 Å². The molecule has 0 bridgehead atoms. The van der Waals surface area contributed by atoms with Crippen LogP contribution >= 0.6 is 0 Å². The molecule has 0 saturated heterocycles. The third kappa shape index (κ3) is 3.52. The van der Waals surface area contributed by atoms with Crippen molar-refractivity contribution in [2.24, 2.45) is 0 Å². The SMILES string of the molecule is N#CCCNC(=O)COC(=O)c1ccc2ccccc2c1O. The molecule has 2 rings (SSSR count). The van der Waals surface area contributed by atoms with Crippen molar-refractivity contribution in [1.29, 1.82) is 5.26 Å². The predicted molar refractivity (Wildman–Crippen MR) is 79.1 cm³/mol. The highest BCUT2D eigenvalue weighted by atomic mass is 16.5. The highest BCUT2D eigenvalue weighted by molar-refractivity contribution is 6.01. The molecule has 2 N–H and O–H groups in total. The molecular weight excluding hydrogens is 284 g/mol. The lowest BCUT2D eigenvalue weighted by Crippen LogP contribution is -2.29. The first-order chi connectivity index (χ1) is 10.6. The van der Waals surface area contributed by atoms with Gasteiger partial charge in [-0.05, 0) is 11.5 Å². The summed E-state index contributed by atoms with van der Waals surface area (Å²) in [7, 11) is 0. The number of esters is 1. The number of nitriles is 1. The van der Waals surface area contributed by atoms with Gasteiger partial charge in [-0.25, -0.2) is 4.79 Å². The third-order valence-corrected chi connectivity index (χ3v) is 3.01. The molecule has 0 radical (unpaired) electrons. The number of ether oxygens (including phenoxy) is 1. The minimum absolute atomic E-state index is 0.00326. The molecule has 0 unspecified atom stereocenters. The second-order valence-corrected chi connectivity index (χ2v) is 4.52. The Balaban J connectivity index is 2.03. The van der Waals surface area contributed by atoms with Gasteiger partial charge in [0, 0.05) is 11.9 Å². The summed E-state index contributed by atoms with van der Waals surface area (Å²) in [6.45, 7) is -0.259. The van der Waals surface area contributed by atoms with Crippen molar-refractivity contribution in [1.82, 2.24) is 5.32 Å². The van der Waals surface area contributed by atoms with Crippen molar-refractivity contribution in [3.63, 3.8) is 0 Å². The number of phenolic OH excluding ortho intramolecular Hbond substituents is 1. The second kappa shape index (κ2) is 7.09. The van der Waals surface area contributed by atoms with Gasteiger partial charge in [0.25, 0.3) is 5.91 Å². The van der Waals surface area contributed by atoms with Gasteiger partial charge in [0.05, 0.1) is 12.5 Å². The predicted octanol–water partition coefficient (Wildman–Crippen LogP) is 1.73. The maximum Gasteiger partial charge on any atom is 0.342 e. The van der Waals surface area contributed by atoms with Gasteiger partial charge in [0.2, 0.25) is 0 Å². The molecule has 0 aliphatic rings. The number of hydrogen-bond acceptors (Lipinski definition) is 5. The number of benzene rings is 2. The number of hydrogen-bond donors (Lipinski definition) is 2. The van der Waals surface area contributed by atoms with E-state index < -0.39 is 18.5 Å². The minimum atomic E-state index is -0.779. The molecule has 112 valence electrons.